The van der Waals surface area contributed by atoms with E-state index in [1.807, 2.05) is 0 Å². The lowest BCUT2D eigenvalue weighted by molar-refractivity contribution is 0.0412. The number of thiophene rings is 1. The molecule has 80 valence electrons. The minimum Gasteiger partial charge on any atom is -0.373 e. The minimum absolute atomic E-state index is 0.357. The maximum Gasteiger partial charge on any atom is 0.0813 e. The molecule has 1 atom stereocenters. The van der Waals surface area contributed by atoms with Gasteiger partial charge in [0, 0.05) is 4.88 Å². The van der Waals surface area contributed by atoms with Gasteiger partial charge in [0.05, 0.1) is 16.5 Å². The molecule has 0 spiro atoms. The van der Waals surface area contributed by atoms with Crippen molar-refractivity contribution in [3.63, 3.8) is 0 Å². The van der Waals surface area contributed by atoms with Crippen LogP contribution in [0.15, 0.2) is 15.9 Å². The molecule has 0 amide bonds. The van der Waals surface area contributed by atoms with Gasteiger partial charge in [-0.2, -0.15) is 0 Å². The molecule has 0 aromatic carbocycles. The van der Waals surface area contributed by atoms with Crippen LogP contribution >= 0.6 is 27.3 Å². The summed E-state index contributed by atoms with van der Waals surface area (Å²) < 4.78 is 6.92. The summed E-state index contributed by atoms with van der Waals surface area (Å²) in [4.78, 5) is 1.28. The normalized spacial score (nSPS) is 13.5. The van der Waals surface area contributed by atoms with Crippen LogP contribution < -0.4 is 0 Å². The predicted octanol–water partition coefficient (Wildman–Crippen LogP) is 4.46. The summed E-state index contributed by atoms with van der Waals surface area (Å²) in [5, 5.41) is 0. The zero-order valence-corrected chi connectivity index (χ0v) is 11.3. The molecule has 0 N–H and O–H groups in total. The third kappa shape index (κ3) is 4.58. The quantitative estimate of drug-likeness (QED) is 0.772. The summed E-state index contributed by atoms with van der Waals surface area (Å²) in [7, 11) is 0. The van der Waals surface area contributed by atoms with Crippen LogP contribution in [0.2, 0.25) is 0 Å². The van der Waals surface area contributed by atoms with Crippen molar-refractivity contribution in [2.75, 3.05) is 0 Å². The first kappa shape index (κ1) is 12.2. The Labute approximate surface area is 98.6 Å². The molecule has 0 radical (unpaired) electrons. The van der Waals surface area contributed by atoms with Gasteiger partial charge in [-0.05, 0) is 47.3 Å². The third-order valence-corrected chi connectivity index (χ3v) is 3.54. The summed E-state index contributed by atoms with van der Waals surface area (Å²) in [5.74, 6) is 0.708. The highest BCUT2D eigenvalue weighted by Gasteiger charge is 2.06. The highest BCUT2D eigenvalue weighted by molar-refractivity contribution is 9.11. The van der Waals surface area contributed by atoms with E-state index in [1.165, 1.54) is 8.66 Å². The van der Waals surface area contributed by atoms with Gasteiger partial charge in [-0.3, -0.25) is 0 Å². The van der Waals surface area contributed by atoms with Gasteiger partial charge in [0.2, 0.25) is 0 Å². The number of hydrogen-bond donors (Lipinski definition) is 0. The second kappa shape index (κ2) is 5.89. The van der Waals surface area contributed by atoms with Crippen LogP contribution in [-0.4, -0.2) is 6.10 Å². The molecule has 14 heavy (non-hydrogen) atoms. The van der Waals surface area contributed by atoms with Gasteiger partial charge >= 0.3 is 0 Å². The molecule has 0 fully saturated rings. The minimum atomic E-state index is 0.357. The van der Waals surface area contributed by atoms with E-state index in [9.17, 15) is 0 Å². The van der Waals surface area contributed by atoms with Crippen molar-refractivity contribution in [1.29, 1.82) is 0 Å². The summed E-state index contributed by atoms with van der Waals surface area (Å²) in [6.45, 7) is 7.33. The molecule has 1 rings (SSSR count). The van der Waals surface area contributed by atoms with E-state index in [0.717, 1.165) is 13.0 Å². The average molecular weight is 277 g/mol. The monoisotopic (exact) mass is 276 g/mol. The van der Waals surface area contributed by atoms with Crippen molar-refractivity contribution in [3.05, 3.63) is 20.8 Å². The number of rotatable bonds is 5. The van der Waals surface area contributed by atoms with Gasteiger partial charge in [0.15, 0.2) is 0 Å². The topological polar surface area (TPSA) is 9.23 Å². The van der Waals surface area contributed by atoms with Crippen LogP contribution in [0, 0.1) is 5.92 Å². The van der Waals surface area contributed by atoms with Gasteiger partial charge in [0.25, 0.3) is 0 Å². The van der Waals surface area contributed by atoms with Gasteiger partial charge in [-0.1, -0.05) is 13.8 Å². The molecule has 0 aliphatic rings. The SMILES string of the molecule is CC(C)CC(C)OCc1ccc(Br)s1. The number of ether oxygens (including phenoxy) is 1. The van der Waals surface area contributed by atoms with Crippen molar-refractivity contribution in [2.45, 2.75) is 39.9 Å². The van der Waals surface area contributed by atoms with Crippen LogP contribution in [0.25, 0.3) is 0 Å². The third-order valence-electron chi connectivity index (χ3n) is 1.94. The first-order chi connectivity index (χ1) is 6.58. The van der Waals surface area contributed by atoms with Crippen LogP contribution in [0.5, 0.6) is 0 Å². The smallest absolute Gasteiger partial charge is 0.0813 e. The Hall–Kier alpha value is 0.140. The van der Waals surface area contributed by atoms with Crippen molar-refractivity contribution >= 4 is 27.3 Å². The van der Waals surface area contributed by atoms with Crippen LogP contribution in [0.3, 0.4) is 0 Å². The molecule has 0 aliphatic carbocycles. The van der Waals surface area contributed by atoms with Crippen LogP contribution in [-0.2, 0) is 11.3 Å². The van der Waals surface area contributed by atoms with Crippen molar-refractivity contribution in [1.82, 2.24) is 0 Å². The van der Waals surface area contributed by atoms with Gasteiger partial charge < -0.3 is 4.74 Å². The highest BCUT2D eigenvalue weighted by atomic mass is 79.9. The molecule has 0 bridgehead atoms. The zero-order valence-electron chi connectivity index (χ0n) is 8.92. The van der Waals surface area contributed by atoms with E-state index in [0.29, 0.717) is 12.0 Å². The van der Waals surface area contributed by atoms with E-state index < -0.39 is 0 Å². The largest absolute Gasteiger partial charge is 0.373 e. The first-order valence-electron chi connectivity index (χ1n) is 4.93. The Morgan fingerprint density at radius 2 is 2.07 bits per heavy atom. The summed E-state index contributed by atoms with van der Waals surface area (Å²) in [5.41, 5.74) is 0. The maximum atomic E-state index is 5.74. The van der Waals surface area contributed by atoms with E-state index >= 15 is 0 Å². The van der Waals surface area contributed by atoms with E-state index in [2.05, 4.69) is 48.8 Å². The van der Waals surface area contributed by atoms with Crippen molar-refractivity contribution in [3.8, 4) is 0 Å². The molecule has 3 heteroatoms. The van der Waals surface area contributed by atoms with Gasteiger partial charge in [-0.25, -0.2) is 0 Å². The van der Waals surface area contributed by atoms with Crippen LogP contribution in [0.4, 0.5) is 0 Å². The lowest BCUT2D eigenvalue weighted by Gasteiger charge is -2.14. The second-order valence-electron chi connectivity index (χ2n) is 3.96. The van der Waals surface area contributed by atoms with E-state index in [-0.39, 0.29) is 0 Å². The molecule has 0 saturated heterocycles. The number of halogens is 1. The van der Waals surface area contributed by atoms with Crippen LogP contribution in [0.1, 0.15) is 32.1 Å². The Kier molecular flexibility index (Phi) is 5.13. The second-order valence-corrected chi connectivity index (χ2v) is 6.50. The Bertz CT molecular complexity index is 270. The average Bonchev–Trinajstić information content (AvgIpc) is 2.47. The Morgan fingerprint density at radius 3 is 2.57 bits per heavy atom. The zero-order chi connectivity index (χ0) is 10.6. The first-order valence-corrected chi connectivity index (χ1v) is 6.54. The Morgan fingerprint density at radius 1 is 1.36 bits per heavy atom. The predicted molar refractivity (Wildman–Crippen MR) is 65.7 cm³/mol. The molecule has 1 unspecified atom stereocenters. The number of hydrogen-bond acceptors (Lipinski definition) is 2. The Balaban J connectivity index is 2.26. The molecule has 1 nitrogen and oxygen atoms in total. The fourth-order valence-electron chi connectivity index (χ4n) is 1.39. The highest BCUT2D eigenvalue weighted by Crippen LogP contribution is 2.23. The molecular formula is C11H17BrOS. The van der Waals surface area contributed by atoms with Gasteiger partial charge in [0.1, 0.15) is 0 Å². The molecule has 1 aromatic rings. The molecular weight excluding hydrogens is 260 g/mol. The molecule has 1 heterocycles. The van der Waals surface area contributed by atoms with Crippen molar-refractivity contribution < 1.29 is 4.74 Å². The maximum absolute atomic E-state index is 5.74. The van der Waals surface area contributed by atoms with Gasteiger partial charge in [-0.15, -0.1) is 11.3 Å². The summed E-state index contributed by atoms with van der Waals surface area (Å²) >= 11 is 5.18. The fourth-order valence-corrected chi connectivity index (χ4v) is 2.79. The fraction of sp³-hybridized carbons (Fsp3) is 0.636. The lowest BCUT2D eigenvalue weighted by atomic mass is 10.1. The molecule has 0 aliphatic heterocycles. The molecule has 1 aromatic heterocycles. The summed E-state index contributed by atoms with van der Waals surface area (Å²) in [6, 6.07) is 4.17. The summed E-state index contributed by atoms with van der Waals surface area (Å²) in [6.07, 6.45) is 1.49. The van der Waals surface area contributed by atoms with E-state index in [4.69, 9.17) is 4.74 Å². The van der Waals surface area contributed by atoms with E-state index in [1.54, 1.807) is 11.3 Å². The lowest BCUT2D eigenvalue weighted by Crippen LogP contribution is -2.10. The standard InChI is InChI=1S/C11H17BrOS/c1-8(2)6-9(3)13-7-10-4-5-11(12)14-10/h4-5,8-9H,6-7H2,1-3H3. The van der Waals surface area contributed by atoms with Crippen molar-refractivity contribution in [2.24, 2.45) is 5.92 Å². The molecule has 0 saturated carbocycles.